The van der Waals surface area contributed by atoms with Gasteiger partial charge in [0, 0.05) is 13.6 Å². The molecular weight excluding hydrogens is 389 g/mol. The minimum atomic E-state index is -4.23. The maximum absolute atomic E-state index is 14.1. The fraction of sp³-hybridized carbons (Fsp3) is 0.364. The summed E-state index contributed by atoms with van der Waals surface area (Å²) >= 11 is 8.76. The summed E-state index contributed by atoms with van der Waals surface area (Å²) in [4.78, 5) is 10.8. The predicted octanol–water partition coefficient (Wildman–Crippen LogP) is 1.58. The van der Waals surface area contributed by atoms with Crippen molar-refractivity contribution in [3.05, 3.63) is 21.4 Å². The normalized spacial score (nSPS) is 11.7. The van der Waals surface area contributed by atoms with Gasteiger partial charge >= 0.3 is 0 Å². The molecule has 10 heteroatoms. The average molecular weight is 403 g/mol. The van der Waals surface area contributed by atoms with Gasteiger partial charge in [-0.05, 0) is 28.9 Å². The quantitative estimate of drug-likeness (QED) is 0.578. The Bertz CT molecular complexity index is 669. The molecule has 0 aliphatic rings. The fourth-order valence-electron chi connectivity index (χ4n) is 1.50. The van der Waals surface area contributed by atoms with E-state index < -0.39 is 38.9 Å². The van der Waals surface area contributed by atoms with Gasteiger partial charge in [-0.15, -0.1) is 0 Å². The molecule has 0 saturated carbocycles. The molecule has 0 unspecified atom stereocenters. The molecule has 1 aromatic rings. The van der Waals surface area contributed by atoms with Gasteiger partial charge in [0.05, 0.1) is 21.7 Å². The Kier molecular flexibility index (Phi) is 5.97. The molecule has 21 heavy (non-hydrogen) atoms. The van der Waals surface area contributed by atoms with Crippen molar-refractivity contribution in [2.75, 3.05) is 25.9 Å². The molecule has 0 aromatic heterocycles. The lowest BCUT2D eigenvalue weighted by atomic mass is 10.3. The van der Waals surface area contributed by atoms with Crippen LogP contribution in [0.2, 0.25) is 5.02 Å². The van der Waals surface area contributed by atoms with Crippen molar-refractivity contribution < 1.29 is 17.6 Å². The van der Waals surface area contributed by atoms with Crippen LogP contribution in [-0.4, -0.2) is 38.8 Å². The van der Waals surface area contributed by atoms with Crippen molar-refractivity contribution in [1.82, 2.24) is 9.62 Å². The number of rotatable bonds is 5. The predicted molar refractivity (Wildman–Crippen MR) is 82.0 cm³/mol. The van der Waals surface area contributed by atoms with Crippen LogP contribution in [0.3, 0.4) is 0 Å². The number of sulfonamides is 1. The van der Waals surface area contributed by atoms with Crippen molar-refractivity contribution >= 4 is 49.1 Å². The first kappa shape index (κ1) is 18.1. The molecule has 0 heterocycles. The molecule has 0 aliphatic heterocycles. The molecular formula is C11H14BrClFN3O3S. The van der Waals surface area contributed by atoms with Gasteiger partial charge < -0.3 is 11.1 Å². The Morgan fingerprint density at radius 2 is 2.14 bits per heavy atom. The van der Waals surface area contributed by atoms with E-state index in [1.165, 1.54) is 0 Å². The number of nitrogens with two attached hydrogens (primary N) is 1. The maximum atomic E-state index is 14.1. The summed E-state index contributed by atoms with van der Waals surface area (Å²) in [7, 11) is -3.07. The van der Waals surface area contributed by atoms with Crippen LogP contribution in [-0.2, 0) is 14.8 Å². The van der Waals surface area contributed by atoms with Crippen LogP contribution in [0.1, 0.15) is 6.92 Å². The number of hydrogen-bond donors (Lipinski definition) is 2. The Morgan fingerprint density at radius 1 is 1.57 bits per heavy atom. The van der Waals surface area contributed by atoms with Gasteiger partial charge in [0.25, 0.3) is 0 Å². The SMILES string of the molecule is CCNC(=O)CN(C)S(=O)(=O)c1cc(Cl)c(Br)c(N)c1F. The molecule has 3 N–H and O–H groups in total. The van der Waals surface area contributed by atoms with E-state index in [0.29, 0.717) is 6.54 Å². The number of carbonyl (C=O) groups is 1. The third kappa shape index (κ3) is 3.85. The summed E-state index contributed by atoms with van der Waals surface area (Å²) in [6, 6.07) is 0.945. The fourth-order valence-corrected chi connectivity index (χ4v) is 3.29. The number of amides is 1. The largest absolute Gasteiger partial charge is 0.395 e. The van der Waals surface area contributed by atoms with Crippen LogP contribution in [0.25, 0.3) is 0 Å². The van der Waals surface area contributed by atoms with Crippen LogP contribution in [0.15, 0.2) is 15.4 Å². The van der Waals surface area contributed by atoms with Crippen molar-refractivity contribution in [3.8, 4) is 0 Å². The van der Waals surface area contributed by atoms with Crippen LogP contribution in [0, 0.1) is 5.82 Å². The van der Waals surface area contributed by atoms with E-state index in [-0.39, 0.29) is 9.50 Å². The summed E-state index contributed by atoms with van der Waals surface area (Å²) in [6.45, 7) is 1.61. The number of benzene rings is 1. The van der Waals surface area contributed by atoms with Gasteiger partial charge in [-0.1, -0.05) is 11.6 Å². The number of anilines is 1. The van der Waals surface area contributed by atoms with E-state index in [1.807, 2.05) is 0 Å². The molecule has 0 spiro atoms. The lowest BCUT2D eigenvalue weighted by Crippen LogP contribution is -2.38. The highest BCUT2D eigenvalue weighted by Crippen LogP contribution is 2.35. The zero-order chi connectivity index (χ0) is 16.4. The van der Waals surface area contributed by atoms with E-state index in [0.717, 1.165) is 17.4 Å². The van der Waals surface area contributed by atoms with Gasteiger partial charge in [-0.25, -0.2) is 12.8 Å². The summed E-state index contributed by atoms with van der Waals surface area (Å²) in [5.74, 6) is -1.62. The molecule has 1 rings (SSSR count). The summed E-state index contributed by atoms with van der Waals surface area (Å²) in [6.07, 6.45) is 0. The van der Waals surface area contributed by atoms with Crippen molar-refractivity contribution in [3.63, 3.8) is 0 Å². The number of halogens is 3. The minimum absolute atomic E-state index is 0.0427. The number of nitrogen functional groups attached to an aromatic ring is 1. The highest BCUT2D eigenvalue weighted by molar-refractivity contribution is 9.10. The minimum Gasteiger partial charge on any atom is -0.395 e. The first-order valence-corrected chi connectivity index (χ1v) is 8.40. The van der Waals surface area contributed by atoms with Crippen LogP contribution in [0.4, 0.5) is 10.1 Å². The van der Waals surface area contributed by atoms with E-state index in [9.17, 15) is 17.6 Å². The number of nitrogens with zero attached hydrogens (tertiary/aromatic N) is 1. The number of nitrogens with one attached hydrogen (secondary N) is 1. The average Bonchev–Trinajstić information content (AvgIpc) is 2.40. The molecule has 0 saturated heterocycles. The van der Waals surface area contributed by atoms with Crippen molar-refractivity contribution in [2.45, 2.75) is 11.8 Å². The van der Waals surface area contributed by atoms with Crippen LogP contribution < -0.4 is 11.1 Å². The topological polar surface area (TPSA) is 92.5 Å². The number of likely N-dealkylation sites (N-methyl/N-ethyl adjacent to an activating group) is 2. The van der Waals surface area contributed by atoms with Gasteiger partial charge in [0.1, 0.15) is 4.90 Å². The first-order chi connectivity index (χ1) is 9.62. The Labute approximate surface area is 135 Å². The molecule has 1 amide bonds. The Hall–Kier alpha value is -0.900. The highest BCUT2D eigenvalue weighted by Gasteiger charge is 2.29. The van der Waals surface area contributed by atoms with E-state index in [4.69, 9.17) is 17.3 Å². The molecule has 0 bridgehead atoms. The van der Waals surface area contributed by atoms with E-state index in [2.05, 4.69) is 21.2 Å². The Balaban J connectivity index is 3.23. The van der Waals surface area contributed by atoms with E-state index >= 15 is 0 Å². The third-order valence-corrected chi connectivity index (χ3v) is 5.77. The molecule has 118 valence electrons. The second kappa shape index (κ2) is 6.91. The lowest BCUT2D eigenvalue weighted by Gasteiger charge is -2.18. The van der Waals surface area contributed by atoms with Gasteiger partial charge in [-0.2, -0.15) is 4.31 Å². The van der Waals surface area contributed by atoms with Crippen LogP contribution in [0.5, 0.6) is 0 Å². The molecule has 0 fully saturated rings. The second-order valence-electron chi connectivity index (χ2n) is 4.11. The lowest BCUT2D eigenvalue weighted by molar-refractivity contribution is -0.121. The Morgan fingerprint density at radius 3 is 2.67 bits per heavy atom. The summed E-state index contributed by atoms with van der Waals surface area (Å²) in [5.41, 5.74) is 5.05. The van der Waals surface area contributed by atoms with Crippen molar-refractivity contribution in [1.29, 1.82) is 0 Å². The standard InChI is InChI=1S/C11H14BrClFN3O3S/c1-3-16-8(18)5-17(2)21(19,20)7-4-6(13)9(12)11(15)10(7)14/h4H,3,5,15H2,1-2H3,(H,16,18). The summed E-state index contributed by atoms with van der Waals surface area (Å²) in [5, 5.41) is 2.41. The molecule has 0 aliphatic carbocycles. The van der Waals surface area contributed by atoms with Gasteiger partial charge in [0.15, 0.2) is 5.82 Å². The van der Waals surface area contributed by atoms with Crippen LogP contribution >= 0.6 is 27.5 Å². The monoisotopic (exact) mass is 401 g/mol. The van der Waals surface area contributed by atoms with Crippen molar-refractivity contribution in [2.24, 2.45) is 0 Å². The zero-order valence-electron chi connectivity index (χ0n) is 11.3. The zero-order valence-corrected chi connectivity index (χ0v) is 14.4. The molecule has 1 aromatic carbocycles. The molecule has 6 nitrogen and oxygen atoms in total. The van der Waals surface area contributed by atoms with Gasteiger partial charge in [-0.3, -0.25) is 4.79 Å². The smallest absolute Gasteiger partial charge is 0.246 e. The van der Waals surface area contributed by atoms with E-state index in [1.54, 1.807) is 6.92 Å². The van der Waals surface area contributed by atoms with Gasteiger partial charge in [0.2, 0.25) is 15.9 Å². The summed E-state index contributed by atoms with van der Waals surface area (Å²) < 4.78 is 39.4. The number of carbonyl (C=O) groups excluding carboxylic acids is 1. The highest BCUT2D eigenvalue weighted by atomic mass is 79.9. The maximum Gasteiger partial charge on any atom is 0.246 e. The molecule has 0 atom stereocenters. The first-order valence-electron chi connectivity index (χ1n) is 5.78. The second-order valence-corrected chi connectivity index (χ2v) is 7.33. The third-order valence-electron chi connectivity index (χ3n) is 2.59. The number of hydrogen-bond acceptors (Lipinski definition) is 4. The molecule has 0 radical (unpaired) electrons.